The van der Waals surface area contributed by atoms with Crippen molar-refractivity contribution in [2.45, 2.75) is 5.92 Å². The van der Waals surface area contributed by atoms with Gasteiger partial charge in [-0.15, -0.1) is 0 Å². The van der Waals surface area contributed by atoms with Crippen LogP contribution < -0.4 is 20.1 Å². The normalized spacial score (nSPS) is 14.9. The van der Waals surface area contributed by atoms with Gasteiger partial charge >= 0.3 is 11.9 Å². The molecule has 0 radical (unpaired) electrons. The molecule has 42 heavy (non-hydrogen) atoms. The summed E-state index contributed by atoms with van der Waals surface area (Å²) < 4.78 is 26.9. The van der Waals surface area contributed by atoms with E-state index < -0.39 is 17.9 Å². The maximum absolute atomic E-state index is 13.3. The number of nitrogens with zero attached hydrogens (tertiary/aromatic N) is 3. The third-order valence-electron chi connectivity index (χ3n) is 6.87. The second-order valence-corrected chi connectivity index (χ2v) is 9.08. The molecule has 1 aromatic heterocycles. The summed E-state index contributed by atoms with van der Waals surface area (Å²) in [6, 6.07) is 21.1. The van der Waals surface area contributed by atoms with Crippen LogP contribution in [-0.4, -0.2) is 45.4 Å². The molecule has 1 unspecified atom stereocenters. The van der Waals surface area contributed by atoms with Crippen LogP contribution in [0.2, 0.25) is 0 Å². The summed E-state index contributed by atoms with van der Waals surface area (Å²) in [7, 11) is 5.46. The van der Waals surface area contributed by atoms with Gasteiger partial charge in [-0.2, -0.15) is 5.26 Å². The van der Waals surface area contributed by atoms with Gasteiger partial charge in [-0.1, -0.05) is 30.3 Å². The number of esters is 2. The molecule has 0 saturated carbocycles. The topological polar surface area (TPSA) is 150 Å². The Hall–Kier alpha value is -5.76. The Morgan fingerprint density at radius 3 is 2.29 bits per heavy atom. The predicted molar refractivity (Wildman–Crippen MR) is 152 cm³/mol. The standard InChI is InChI=1S/C31H26N4O7/c1-38-23-12-10-18(14-24(23)39-2)29-34-21-15-19(11-13-22(21)42-29)35-27(31(37)41-4)26(30(36)40-3)25(20(16-32)28(35)33)17-8-6-5-7-9-17/h5-15,25H,33H2,1-4H3. The molecule has 212 valence electrons. The van der Waals surface area contributed by atoms with Crippen LogP contribution in [-0.2, 0) is 19.1 Å². The van der Waals surface area contributed by atoms with E-state index in [2.05, 4.69) is 11.1 Å². The second kappa shape index (κ2) is 11.4. The van der Waals surface area contributed by atoms with Crippen LogP contribution in [0.15, 0.2) is 93.8 Å². The van der Waals surface area contributed by atoms with Gasteiger partial charge < -0.3 is 29.1 Å². The van der Waals surface area contributed by atoms with Crippen LogP contribution in [0, 0.1) is 11.3 Å². The van der Waals surface area contributed by atoms with E-state index in [1.165, 1.54) is 26.2 Å². The lowest BCUT2D eigenvalue weighted by molar-refractivity contribution is -0.139. The van der Waals surface area contributed by atoms with Gasteiger partial charge in [-0.25, -0.2) is 14.6 Å². The predicted octanol–water partition coefficient (Wildman–Crippen LogP) is 4.41. The first kappa shape index (κ1) is 27.8. The molecular formula is C31H26N4O7. The van der Waals surface area contributed by atoms with Crippen molar-refractivity contribution in [2.75, 3.05) is 33.3 Å². The van der Waals surface area contributed by atoms with E-state index in [9.17, 15) is 14.9 Å². The van der Waals surface area contributed by atoms with Crippen LogP contribution in [0.5, 0.6) is 11.5 Å². The fourth-order valence-electron chi connectivity index (χ4n) is 4.93. The maximum atomic E-state index is 13.3. The van der Waals surface area contributed by atoms with Gasteiger partial charge in [-0.3, -0.25) is 4.90 Å². The molecule has 0 fully saturated rings. The van der Waals surface area contributed by atoms with E-state index in [-0.39, 0.29) is 22.7 Å². The molecule has 1 aliphatic heterocycles. The molecule has 1 atom stereocenters. The minimum absolute atomic E-state index is 0.0534. The van der Waals surface area contributed by atoms with Gasteiger partial charge in [0.15, 0.2) is 17.1 Å². The fraction of sp³-hybridized carbons (Fsp3) is 0.161. The molecule has 2 N–H and O–H groups in total. The van der Waals surface area contributed by atoms with Gasteiger partial charge in [0.2, 0.25) is 5.89 Å². The number of oxazole rings is 1. The highest BCUT2D eigenvalue weighted by Crippen LogP contribution is 2.44. The summed E-state index contributed by atoms with van der Waals surface area (Å²) in [5.74, 6) is -1.31. The maximum Gasteiger partial charge on any atom is 0.355 e. The Bertz CT molecular complexity index is 1800. The van der Waals surface area contributed by atoms with E-state index in [1.807, 2.05) is 0 Å². The molecule has 11 nitrogen and oxygen atoms in total. The number of nitrogens with two attached hydrogens (primary N) is 1. The monoisotopic (exact) mass is 566 g/mol. The minimum atomic E-state index is -0.971. The number of carbonyl (C=O) groups excluding carboxylic acids is 2. The average Bonchev–Trinajstić information content (AvgIpc) is 3.47. The highest BCUT2D eigenvalue weighted by Gasteiger charge is 2.43. The Balaban J connectivity index is 1.70. The number of allylic oxidation sites excluding steroid dienone is 1. The summed E-state index contributed by atoms with van der Waals surface area (Å²) in [4.78, 5) is 32.5. The van der Waals surface area contributed by atoms with Crippen molar-refractivity contribution in [3.05, 3.63) is 95.0 Å². The SMILES string of the molecule is COC(=O)C1=C(C(=O)OC)N(c2ccc3oc(-c4ccc(OC)c(OC)c4)nc3c2)C(N)=C(C#N)C1c1ccccc1. The van der Waals surface area contributed by atoms with Crippen LogP contribution in [0.3, 0.4) is 0 Å². The number of methoxy groups -OCH3 is 4. The molecule has 3 aromatic carbocycles. The molecule has 11 heteroatoms. The van der Waals surface area contributed by atoms with E-state index in [4.69, 9.17) is 29.1 Å². The number of benzene rings is 3. The number of rotatable bonds is 7. The number of anilines is 1. The number of fused-ring (bicyclic) bond motifs is 1. The van der Waals surface area contributed by atoms with Crippen molar-refractivity contribution in [3.8, 4) is 29.0 Å². The Kier molecular flexibility index (Phi) is 7.53. The molecule has 0 aliphatic carbocycles. The van der Waals surface area contributed by atoms with Gasteiger partial charge in [0, 0.05) is 5.56 Å². The number of aromatic nitrogens is 1. The number of ether oxygens (including phenoxy) is 4. The van der Waals surface area contributed by atoms with Crippen LogP contribution in [0.4, 0.5) is 5.69 Å². The number of hydrogen-bond donors (Lipinski definition) is 1. The van der Waals surface area contributed by atoms with Gasteiger partial charge in [-0.05, 0) is 42.0 Å². The first-order chi connectivity index (χ1) is 20.4. The Labute approximate surface area is 241 Å². The Morgan fingerprint density at radius 2 is 1.64 bits per heavy atom. The first-order valence-electron chi connectivity index (χ1n) is 12.6. The summed E-state index contributed by atoms with van der Waals surface area (Å²) in [6.45, 7) is 0. The average molecular weight is 567 g/mol. The van der Waals surface area contributed by atoms with Crippen LogP contribution in [0.25, 0.3) is 22.6 Å². The van der Waals surface area contributed by atoms with E-state index in [0.717, 1.165) is 0 Å². The summed E-state index contributed by atoms with van der Waals surface area (Å²) in [5.41, 5.74) is 8.81. The third-order valence-corrected chi connectivity index (χ3v) is 6.87. The van der Waals surface area contributed by atoms with Crippen molar-refractivity contribution < 1.29 is 33.0 Å². The fourth-order valence-corrected chi connectivity index (χ4v) is 4.93. The van der Waals surface area contributed by atoms with E-state index >= 15 is 0 Å². The van der Waals surface area contributed by atoms with Crippen molar-refractivity contribution in [1.29, 1.82) is 5.26 Å². The van der Waals surface area contributed by atoms with Gasteiger partial charge in [0.25, 0.3) is 0 Å². The van der Waals surface area contributed by atoms with Gasteiger partial charge in [0.05, 0.1) is 57.3 Å². The van der Waals surface area contributed by atoms with Crippen molar-refractivity contribution in [3.63, 3.8) is 0 Å². The quantitative estimate of drug-likeness (QED) is 0.317. The second-order valence-electron chi connectivity index (χ2n) is 9.08. The largest absolute Gasteiger partial charge is 0.493 e. The first-order valence-corrected chi connectivity index (χ1v) is 12.6. The highest BCUT2D eigenvalue weighted by atomic mass is 16.5. The summed E-state index contributed by atoms with van der Waals surface area (Å²) in [5, 5.41) is 10.2. The van der Waals surface area contributed by atoms with Crippen molar-refractivity contribution in [2.24, 2.45) is 5.73 Å². The van der Waals surface area contributed by atoms with Gasteiger partial charge in [0.1, 0.15) is 17.0 Å². The zero-order chi connectivity index (χ0) is 30.0. The molecule has 0 amide bonds. The highest BCUT2D eigenvalue weighted by molar-refractivity contribution is 6.06. The number of nitriles is 1. The van der Waals surface area contributed by atoms with Crippen molar-refractivity contribution in [1.82, 2.24) is 4.98 Å². The molecule has 0 spiro atoms. The minimum Gasteiger partial charge on any atom is -0.493 e. The van der Waals surface area contributed by atoms with E-state index in [1.54, 1.807) is 73.8 Å². The molecule has 2 heterocycles. The zero-order valence-electron chi connectivity index (χ0n) is 23.2. The molecule has 5 rings (SSSR count). The lowest BCUT2D eigenvalue weighted by Gasteiger charge is -2.35. The smallest absolute Gasteiger partial charge is 0.355 e. The van der Waals surface area contributed by atoms with Crippen LogP contribution >= 0.6 is 0 Å². The van der Waals surface area contributed by atoms with Crippen molar-refractivity contribution >= 4 is 28.7 Å². The van der Waals surface area contributed by atoms with E-state index in [0.29, 0.717) is 45.3 Å². The lowest BCUT2D eigenvalue weighted by Crippen LogP contribution is -2.40. The van der Waals surface area contributed by atoms with Crippen LogP contribution in [0.1, 0.15) is 11.5 Å². The lowest BCUT2D eigenvalue weighted by atomic mass is 9.81. The number of hydrogen-bond acceptors (Lipinski definition) is 11. The molecular weight excluding hydrogens is 540 g/mol. The number of carbonyl (C=O) groups is 2. The molecule has 4 aromatic rings. The Morgan fingerprint density at radius 1 is 0.929 bits per heavy atom. The molecule has 1 aliphatic rings. The third kappa shape index (κ3) is 4.65. The molecule has 0 saturated heterocycles. The summed E-state index contributed by atoms with van der Waals surface area (Å²) in [6.07, 6.45) is 0. The summed E-state index contributed by atoms with van der Waals surface area (Å²) >= 11 is 0. The zero-order valence-corrected chi connectivity index (χ0v) is 23.2. The molecule has 0 bridgehead atoms.